The summed E-state index contributed by atoms with van der Waals surface area (Å²) < 4.78 is 11.2. The van der Waals surface area contributed by atoms with Gasteiger partial charge in [0.15, 0.2) is 0 Å². The molecule has 3 nitrogen and oxygen atoms in total. The maximum atomic E-state index is 12.4. The van der Waals surface area contributed by atoms with Crippen molar-refractivity contribution in [2.75, 3.05) is 0 Å². The number of esters is 1. The summed E-state index contributed by atoms with van der Waals surface area (Å²) in [5, 5.41) is 0. The van der Waals surface area contributed by atoms with E-state index in [0.29, 0.717) is 17.1 Å². The van der Waals surface area contributed by atoms with Crippen LogP contribution in [0.3, 0.4) is 0 Å². The van der Waals surface area contributed by atoms with Crippen LogP contribution in [0.5, 0.6) is 11.5 Å². The van der Waals surface area contributed by atoms with E-state index in [1.807, 2.05) is 52.0 Å². The van der Waals surface area contributed by atoms with Gasteiger partial charge in [-0.1, -0.05) is 24.3 Å². The van der Waals surface area contributed by atoms with Gasteiger partial charge in [0, 0.05) is 0 Å². The first-order valence-electron chi connectivity index (χ1n) is 7.02. The molecule has 0 aliphatic rings. The van der Waals surface area contributed by atoms with Crippen molar-refractivity contribution in [3.05, 3.63) is 59.2 Å². The molecule has 0 aliphatic heterocycles. The molecule has 0 aliphatic carbocycles. The van der Waals surface area contributed by atoms with Crippen LogP contribution in [0.25, 0.3) is 0 Å². The fourth-order valence-corrected chi connectivity index (χ4v) is 1.96. The van der Waals surface area contributed by atoms with Crippen LogP contribution in [-0.2, 0) is 0 Å². The van der Waals surface area contributed by atoms with Gasteiger partial charge in [-0.05, 0) is 57.0 Å². The third-order valence-electron chi connectivity index (χ3n) is 3.02. The Hall–Kier alpha value is -2.29. The lowest BCUT2D eigenvalue weighted by Gasteiger charge is -2.14. The second-order valence-electron chi connectivity index (χ2n) is 5.32. The summed E-state index contributed by atoms with van der Waals surface area (Å²) in [5.74, 6) is 0.724. The average Bonchev–Trinajstić information content (AvgIpc) is 2.42. The zero-order valence-electron chi connectivity index (χ0n) is 12.8. The van der Waals surface area contributed by atoms with E-state index in [4.69, 9.17) is 9.47 Å². The van der Waals surface area contributed by atoms with E-state index in [1.54, 1.807) is 18.2 Å². The molecule has 0 fully saturated rings. The molecule has 2 aromatic carbocycles. The van der Waals surface area contributed by atoms with E-state index in [9.17, 15) is 4.79 Å². The number of para-hydroxylation sites is 1. The van der Waals surface area contributed by atoms with Crippen molar-refractivity contribution >= 4 is 5.97 Å². The Kier molecular flexibility index (Phi) is 4.63. The van der Waals surface area contributed by atoms with Crippen LogP contribution >= 0.6 is 0 Å². The minimum atomic E-state index is -0.403. The van der Waals surface area contributed by atoms with Crippen LogP contribution in [0.4, 0.5) is 0 Å². The lowest BCUT2D eigenvalue weighted by atomic mass is 10.1. The fraction of sp³-hybridized carbons (Fsp3) is 0.278. The standard InChI is InChI=1S/C18H20O3/c1-12(2)20-16-8-6-5-7-15(16)18(19)21-17-11-13(3)9-10-14(17)4/h5-12H,1-4H3. The number of aryl methyl sites for hydroxylation is 2. The second-order valence-corrected chi connectivity index (χ2v) is 5.32. The number of carbonyl (C=O) groups is 1. The molecule has 21 heavy (non-hydrogen) atoms. The molecule has 0 atom stereocenters. The molecule has 110 valence electrons. The van der Waals surface area contributed by atoms with Gasteiger partial charge in [-0.15, -0.1) is 0 Å². The molecule has 0 radical (unpaired) electrons. The highest BCUT2D eigenvalue weighted by atomic mass is 16.5. The number of rotatable bonds is 4. The molecule has 0 saturated carbocycles. The Morgan fingerprint density at radius 3 is 2.43 bits per heavy atom. The predicted molar refractivity (Wildman–Crippen MR) is 83.1 cm³/mol. The van der Waals surface area contributed by atoms with E-state index in [2.05, 4.69) is 0 Å². The maximum absolute atomic E-state index is 12.4. The first-order chi connectivity index (χ1) is 9.97. The van der Waals surface area contributed by atoms with Crippen molar-refractivity contribution in [2.45, 2.75) is 33.8 Å². The monoisotopic (exact) mass is 284 g/mol. The molecule has 0 amide bonds. The highest BCUT2D eigenvalue weighted by molar-refractivity contribution is 5.94. The number of ether oxygens (including phenoxy) is 2. The molecular formula is C18H20O3. The van der Waals surface area contributed by atoms with Crippen molar-refractivity contribution < 1.29 is 14.3 Å². The van der Waals surface area contributed by atoms with Gasteiger partial charge < -0.3 is 9.47 Å². The number of hydrogen-bond donors (Lipinski definition) is 0. The minimum absolute atomic E-state index is 0.000319. The molecular weight excluding hydrogens is 264 g/mol. The van der Waals surface area contributed by atoms with Gasteiger partial charge in [-0.3, -0.25) is 0 Å². The molecule has 0 bridgehead atoms. The van der Waals surface area contributed by atoms with Crippen LogP contribution in [0.2, 0.25) is 0 Å². The Bertz CT molecular complexity index is 645. The average molecular weight is 284 g/mol. The first kappa shape index (κ1) is 15.1. The summed E-state index contributed by atoms with van der Waals surface area (Å²) in [5.41, 5.74) is 2.42. The highest BCUT2D eigenvalue weighted by Crippen LogP contribution is 2.24. The third kappa shape index (κ3) is 3.85. The number of hydrogen-bond acceptors (Lipinski definition) is 3. The first-order valence-corrected chi connectivity index (χ1v) is 7.02. The lowest BCUT2D eigenvalue weighted by molar-refractivity contribution is 0.0727. The highest BCUT2D eigenvalue weighted by Gasteiger charge is 2.16. The SMILES string of the molecule is Cc1ccc(C)c(OC(=O)c2ccccc2OC(C)C)c1. The van der Waals surface area contributed by atoms with Gasteiger partial charge in [0.2, 0.25) is 0 Å². The molecule has 2 rings (SSSR count). The molecule has 0 unspecified atom stereocenters. The summed E-state index contributed by atoms with van der Waals surface area (Å²) in [6.07, 6.45) is -0.000319. The van der Waals surface area contributed by atoms with Crippen LogP contribution in [0, 0.1) is 13.8 Å². The van der Waals surface area contributed by atoms with Crippen molar-refractivity contribution in [1.82, 2.24) is 0 Å². The Morgan fingerprint density at radius 1 is 1.00 bits per heavy atom. The molecule has 0 aromatic heterocycles. The van der Waals surface area contributed by atoms with Crippen LogP contribution in [0.15, 0.2) is 42.5 Å². The Balaban J connectivity index is 2.26. The van der Waals surface area contributed by atoms with Crippen molar-refractivity contribution in [1.29, 1.82) is 0 Å². The largest absolute Gasteiger partial charge is 0.490 e. The van der Waals surface area contributed by atoms with Crippen molar-refractivity contribution in [3.63, 3.8) is 0 Å². The van der Waals surface area contributed by atoms with Gasteiger partial charge in [0.25, 0.3) is 0 Å². The molecule has 0 saturated heterocycles. The van der Waals surface area contributed by atoms with E-state index >= 15 is 0 Å². The van der Waals surface area contributed by atoms with Crippen LogP contribution in [0.1, 0.15) is 35.3 Å². The summed E-state index contributed by atoms with van der Waals surface area (Å²) in [4.78, 5) is 12.4. The van der Waals surface area contributed by atoms with E-state index < -0.39 is 5.97 Å². The summed E-state index contributed by atoms with van der Waals surface area (Å²) in [6, 6.07) is 12.9. The second kappa shape index (κ2) is 6.44. The van der Waals surface area contributed by atoms with Gasteiger partial charge >= 0.3 is 5.97 Å². The van der Waals surface area contributed by atoms with E-state index in [0.717, 1.165) is 11.1 Å². The molecule has 2 aromatic rings. The summed E-state index contributed by atoms with van der Waals surface area (Å²) >= 11 is 0. The van der Waals surface area contributed by atoms with Gasteiger partial charge in [0.1, 0.15) is 17.1 Å². The lowest BCUT2D eigenvalue weighted by Crippen LogP contribution is -2.14. The maximum Gasteiger partial charge on any atom is 0.347 e. The minimum Gasteiger partial charge on any atom is -0.490 e. The molecule has 0 heterocycles. The number of carbonyl (C=O) groups excluding carboxylic acids is 1. The normalized spacial score (nSPS) is 10.5. The molecule has 0 N–H and O–H groups in total. The molecule has 3 heteroatoms. The Labute approximate surface area is 125 Å². The fourth-order valence-electron chi connectivity index (χ4n) is 1.96. The molecule has 0 spiro atoms. The smallest absolute Gasteiger partial charge is 0.347 e. The van der Waals surface area contributed by atoms with E-state index in [1.165, 1.54) is 0 Å². The van der Waals surface area contributed by atoms with Gasteiger partial charge in [-0.25, -0.2) is 4.79 Å². The zero-order valence-corrected chi connectivity index (χ0v) is 12.8. The van der Waals surface area contributed by atoms with Gasteiger partial charge in [-0.2, -0.15) is 0 Å². The van der Waals surface area contributed by atoms with E-state index in [-0.39, 0.29) is 6.10 Å². The van der Waals surface area contributed by atoms with Crippen molar-refractivity contribution in [3.8, 4) is 11.5 Å². The quantitative estimate of drug-likeness (QED) is 0.620. The van der Waals surface area contributed by atoms with Crippen LogP contribution < -0.4 is 9.47 Å². The van der Waals surface area contributed by atoms with Crippen molar-refractivity contribution in [2.24, 2.45) is 0 Å². The predicted octanol–water partition coefficient (Wildman–Crippen LogP) is 4.31. The third-order valence-corrected chi connectivity index (χ3v) is 3.02. The topological polar surface area (TPSA) is 35.5 Å². The number of benzene rings is 2. The van der Waals surface area contributed by atoms with Gasteiger partial charge in [0.05, 0.1) is 6.10 Å². The van der Waals surface area contributed by atoms with Crippen LogP contribution in [-0.4, -0.2) is 12.1 Å². The zero-order chi connectivity index (χ0) is 15.4. The summed E-state index contributed by atoms with van der Waals surface area (Å²) in [7, 11) is 0. The summed E-state index contributed by atoms with van der Waals surface area (Å²) in [6.45, 7) is 7.73. The Morgan fingerprint density at radius 2 is 1.71 bits per heavy atom.